The summed E-state index contributed by atoms with van der Waals surface area (Å²) in [6.07, 6.45) is 0.511. The van der Waals surface area contributed by atoms with Gasteiger partial charge in [0.25, 0.3) is 0 Å². The van der Waals surface area contributed by atoms with Gasteiger partial charge in [-0.15, -0.1) is 0 Å². The van der Waals surface area contributed by atoms with Crippen molar-refractivity contribution >= 4 is 11.9 Å². The Morgan fingerprint density at radius 3 is 1.77 bits per heavy atom. The first-order chi connectivity index (χ1) is 10.4. The molecule has 0 heterocycles. The summed E-state index contributed by atoms with van der Waals surface area (Å²) in [7, 11) is 0. The van der Waals surface area contributed by atoms with Crippen LogP contribution in [0.5, 0.6) is 0 Å². The Hall–Kier alpha value is -1.30. The van der Waals surface area contributed by atoms with E-state index in [9.17, 15) is 9.59 Å². The molecule has 22 heavy (non-hydrogen) atoms. The lowest BCUT2D eigenvalue weighted by Gasteiger charge is -2.29. The molecule has 0 bridgehead atoms. The molecule has 0 aromatic heterocycles. The van der Waals surface area contributed by atoms with Crippen LogP contribution in [0.3, 0.4) is 0 Å². The summed E-state index contributed by atoms with van der Waals surface area (Å²) in [4.78, 5) is 32.7. The molecule has 0 spiro atoms. The zero-order chi connectivity index (χ0) is 17.0. The predicted molar refractivity (Wildman–Crippen MR) is 74.5 cm³/mol. The van der Waals surface area contributed by atoms with E-state index in [2.05, 4.69) is 9.78 Å². The molecular weight excluding hydrogens is 300 g/mol. The molecule has 0 rings (SSSR count). The Morgan fingerprint density at radius 2 is 1.41 bits per heavy atom. The molecule has 10 nitrogen and oxygen atoms in total. The number of aliphatic carboxylic acids is 2. The van der Waals surface area contributed by atoms with Crippen molar-refractivity contribution in [1.82, 2.24) is 9.80 Å². The lowest BCUT2D eigenvalue weighted by Crippen LogP contribution is -2.42. The standard InChI is InChI=1S/C12H24N2O8/c1-10(14(4-6-21-19)5-7-22-20)2-3-13(8-11(15)16)9-12(17)18/h10,19-20H,2-9H2,1H3,(H,15,16)(H,17,18). The largest absolute Gasteiger partial charge is 0.480 e. The van der Waals surface area contributed by atoms with Crippen LogP contribution in [-0.4, -0.2) is 94.4 Å². The van der Waals surface area contributed by atoms with Gasteiger partial charge in [-0.2, -0.15) is 0 Å². The van der Waals surface area contributed by atoms with Gasteiger partial charge in [-0.1, -0.05) is 0 Å². The number of nitrogens with zero attached hydrogens (tertiary/aromatic N) is 2. The van der Waals surface area contributed by atoms with E-state index >= 15 is 0 Å². The lowest BCUT2D eigenvalue weighted by molar-refractivity contribution is -0.252. The molecule has 0 aromatic carbocycles. The quantitative estimate of drug-likeness (QED) is 0.244. The first-order valence-electron chi connectivity index (χ1n) is 6.83. The average molecular weight is 324 g/mol. The van der Waals surface area contributed by atoms with E-state index in [0.717, 1.165) is 0 Å². The molecule has 0 aliphatic carbocycles. The van der Waals surface area contributed by atoms with E-state index in [0.29, 0.717) is 19.5 Å². The summed E-state index contributed by atoms with van der Waals surface area (Å²) >= 11 is 0. The molecule has 0 aliphatic rings. The number of carboxylic acid groups (broad SMARTS) is 2. The molecule has 1 atom stereocenters. The van der Waals surface area contributed by atoms with Gasteiger partial charge in [-0.25, -0.2) is 9.78 Å². The number of carbonyl (C=O) groups is 2. The van der Waals surface area contributed by atoms with Crippen molar-refractivity contribution in [3.63, 3.8) is 0 Å². The van der Waals surface area contributed by atoms with Gasteiger partial charge < -0.3 is 10.2 Å². The van der Waals surface area contributed by atoms with Crippen LogP contribution in [0.25, 0.3) is 0 Å². The summed E-state index contributed by atoms with van der Waals surface area (Å²) < 4.78 is 0. The van der Waals surface area contributed by atoms with Crippen LogP contribution >= 0.6 is 0 Å². The normalized spacial score (nSPS) is 12.8. The molecule has 4 N–H and O–H groups in total. The van der Waals surface area contributed by atoms with Gasteiger partial charge in [0.15, 0.2) is 0 Å². The Bertz CT molecular complexity index is 304. The van der Waals surface area contributed by atoms with E-state index in [-0.39, 0.29) is 38.9 Å². The number of carboxylic acids is 2. The zero-order valence-electron chi connectivity index (χ0n) is 12.6. The van der Waals surface area contributed by atoms with Gasteiger partial charge in [0, 0.05) is 25.7 Å². The van der Waals surface area contributed by atoms with Crippen molar-refractivity contribution in [3.8, 4) is 0 Å². The topological polar surface area (TPSA) is 140 Å². The van der Waals surface area contributed by atoms with Crippen LogP contribution in [0.2, 0.25) is 0 Å². The van der Waals surface area contributed by atoms with Crippen LogP contribution < -0.4 is 0 Å². The fourth-order valence-corrected chi connectivity index (χ4v) is 2.02. The highest BCUT2D eigenvalue weighted by Crippen LogP contribution is 2.06. The minimum absolute atomic E-state index is 0.0459. The average Bonchev–Trinajstić information content (AvgIpc) is 2.43. The molecular formula is C12H24N2O8. The number of hydrogen-bond acceptors (Lipinski definition) is 8. The van der Waals surface area contributed by atoms with Crippen LogP contribution in [-0.2, 0) is 19.4 Å². The third-order valence-electron chi connectivity index (χ3n) is 3.14. The number of hydrogen-bond donors (Lipinski definition) is 4. The Kier molecular flexibility index (Phi) is 11.5. The van der Waals surface area contributed by atoms with Crippen molar-refractivity contribution in [2.24, 2.45) is 0 Å². The fourth-order valence-electron chi connectivity index (χ4n) is 2.02. The maximum atomic E-state index is 10.7. The Morgan fingerprint density at radius 1 is 0.955 bits per heavy atom. The third kappa shape index (κ3) is 10.4. The minimum atomic E-state index is -1.09. The molecule has 1 unspecified atom stereocenters. The second-order valence-corrected chi connectivity index (χ2v) is 4.84. The van der Waals surface area contributed by atoms with Crippen LogP contribution in [0, 0.1) is 0 Å². The molecule has 0 aliphatic heterocycles. The van der Waals surface area contributed by atoms with Crippen molar-refractivity contribution in [1.29, 1.82) is 0 Å². The molecule has 0 saturated carbocycles. The van der Waals surface area contributed by atoms with Crippen molar-refractivity contribution in [3.05, 3.63) is 0 Å². The van der Waals surface area contributed by atoms with Crippen molar-refractivity contribution in [2.45, 2.75) is 19.4 Å². The predicted octanol–water partition coefficient (Wildman–Crippen LogP) is -0.483. The molecule has 0 saturated heterocycles. The van der Waals surface area contributed by atoms with Gasteiger partial charge in [-0.05, 0) is 13.3 Å². The van der Waals surface area contributed by atoms with E-state index in [1.54, 1.807) is 0 Å². The summed E-state index contributed by atoms with van der Waals surface area (Å²) in [5, 5.41) is 34.3. The second-order valence-electron chi connectivity index (χ2n) is 4.84. The zero-order valence-corrected chi connectivity index (χ0v) is 12.6. The van der Waals surface area contributed by atoms with E-state index in [4.69, 9.17) is 20.7 Å². The Balaban J connectivity index is 4.42. The molecule has 0 radical (unpaired) electrons. The van der Waals surface area contributed by atoms with E-state index in [1.165, 1.54) is 4.90 Å². The summed E-state index contributed by atoms with van der Waals surface area (Å²) in [6.45, 7) is 2.38. The highest BCUT2D eigenvalue weighted by molar-refractivity contribution is 5.72. The number of rotatable bonds is 14. The monoisotopic (exact) mass is 324 g/mol. The maximum Gasteiger partial charge on any atom is 0.317 e. The van der Waals surface area contributed by atoms with E-state index in [1.807, 2.05) is 11.8 Å². The first kappa shape index (κ1) is 20.7. The molecule has 0 fully saturated rings. The van der Waals surface area contributed by atoms with Crippen molar-refractivity contribution in [2.75, 3.05) is 45.9 Å². The minimum Gasteiger partial charge on any atom is -0.480 e. The lowest BCUT2D eigenvalue weighted by atomic mass is 10.2. The SMILES string of the molecule is CC(CCN(CC(=O)O)CC(=O)O)N(CCOO)CCOO. The molecule has 130 valence electrons. The summed E-state index contributed by atoms with van der Waals surface area (Å²) in [5.41, 5.74) is 0. The smallest absolute Gasteiger partial charge is 0.317 e. The fraction of sp³-hybridized carbons (Fsp3) is 0.833. The van der Waals surface area contributed by atoms with Gasteiger partial charge in [0.2, 0.25) is 0 Å². The molecule has 10 heteroatoms. The van der Waals surface area contributed by atoms with Crippen LogP contribution in [0.15, 0.2) is 0 Å². The third-order valence-corrected chi connectivity index (χ3v) is 3.14. The first-order valence-corrected chi connectivity index (χ1v) is 6.83. The van der Waals surface area contributed by atoms with Crippen molar-refractivity contribution < 1.29 is 40.1 Å². The van der Waals surface area contributed by atoms with Gasteiger partial charge in [0.05, 0.1) is 26.3 Å². The van der Waals surface area contributed by atoms with Crippen LogP contribution in [0.1, 0.15) is 13.3 Å². The van der Waals surface area contributed by atoms with Crippen LogP contribution in [0.4, 0.5) is 0 Å². The Labute approximate surface area is 128 Å². The van der Waals surface area contributed by atoms with E-state index < -0.39 is 11.9 Å². The second kappa shape index (κ2) is 12.3. The molecule has 0 aromatic rings. The van der Waals surface area contributed by atoms with Gasteiger partial charge in [-0.3, -0.25) is 29.9 Å². The highest BCUT2D eigenvalue weighted by Gasteiger charge is 2.18. The summed E-state index contributed by atoms with van der Waals surface area (Å²) in [5.74, 6) is -2.18. The van der Waals surface area contributed by atoms with Gasteiger partial charge in [0.1, 0.15) is 0 Å². The maximum absolute atomic E-state index is 10.7. The highest BCUT2D eigenvalue weighted by atomic mass is 17.1. The van der Waals surface area contributed by atoms with Gasteiger partial charge >= 0.3 is 11.9 Å². The molecule has 0 amide bonds. The summed E-state index contributed by atoms with van der Waals surface area (Å²) in [6, 6.07) is -0.0459.